The highest BCUT2D eigenvalue weighted by Gasteiger charge is 2.44. The maximum absolute atomic E-state index is 9.53. The van der Waals surface area contributed by atoms with Crippen LogP contribution >= 0.6 is 0 Å². The number of nitrogens with zero attached hydrogens (tertiary/aromatic N) is 7. The number of pyridine rings is 1. The number of aryl methyl sites for hydroxylation is 1. The molecule has 3 heterocycles. The van der Waals surface area contributed by atoms with Gasteiger partial charge in [0, 0.05) is 25.9 Å². The molecule has 5 rings (SSSR count). The number of benzene rings is 1. The minimum atomic E-state index is -0.282. The summed E-state index contributed by atoms with van der Waals surface area (Å²) in [5.41, 5.74) is 4.15. The first-order valence-electron chi connectivity index (χ1n) is 11.3. The van der Waals surface area contributed by atoms with Gasteiger partial charge in [0.25, 0.3) is 0 Å². The molecule has 0 saturated heterocycles. The fraction of sp³-hybridized carbons (Fsp3) is 0.320. The van der Waals surface area contributed by atoms with Crippen molar-refractivity contribution in [1.29, 1.82) is 5.26 Å². The van der Waals surface area contributed by atoms with Crippen LogP contribution in [0.1, 0.15) is 24.1 Å². The summed E-state index contributed by atoms with van der Waals surface area (Å²) in [6.07, 6.45) is 4.10. The van der Waals surface area contributed by atoms with Crippen LogP contribution in [0.15, 0.2) is 48.8 Å². The molecule has 1 aliphatic rings. The molecule has 0 bridgehead atoms. The zero-order valence-electron chi connectivity index (χ0n) is 19.2. The number of fused-ring (bicyclic) bond motifs is 1. The molecule has 9 heteroatoms. The third-order valence-electron chi connectivity index (χ3n) is 6.18. The Labute approximate surface area is 197 Å². The van der Waals surface area contributed by atoms with E-state index in [1.165, 1.54) is 0 Å². The molecule has 1 aromatic carbocycles. The lowest BCUT2D eigenvalue weighted by atomic mass is 10.1. The molecular formula is C25H26N8O. The van der Waals surface area contributed by atoms with E-state index in [0.29, 0.717) is 18.8 Å². The van der Waals surface area contributed by atoms with Crippen molar-refractivity contribution in [1.82, 2.24) is 24.7 Å². The highest BCUT2D eigenvalue weighted by atomic mass is 16.3. The van der Waals surface area contributed by atoms with E-state index in [4.69, 9.17) is 4.98 Å². The van der Waals surface area contributed by atoms with E-state index in [1.807, 2.05) is 65.9 Å². The molecule has 4 aromatic rings. The van der Waals surface area contributed by atoms with Crippen molar-refractivity contribution in [3.05, 3.63) is 60.0 Å². The summed E-state index contributed by atoms with van der Waals surface area (Å²) in [5, 5.41) is 30.5. The number of hydrogen-bond donors (Lipinski definition) is 2. The summed E-state index contributed by atoms with van der Waals surface area (Å²) < 4.78 is 1.95. The first kappa shape index (κ1) is 21.8. The summed E-state index contributed by atoms with van der Waals surface area (Å²) in [6.45, 7) is 2.57. The van der Waals surface area contributed by atoms with Crippen LogP contribution in [0.25, 0.3) is 16.9 Å². The Morgan fingerprint density at radius 2 is 2.03 bits per heavy atom. The Hall–Kier alpha value is -4.03. The molecule has 2 N–H and O–H groups in total. The maximum Gasteiger partial charge on any atom is 0.153 e. The largest absolute Gasteiger partial charge is 0.396 e. The van der Waals surface area contributed by atoms with Crippen LogP contribution in [0.5, 0.6) is 0 Å². The third-order valence-corrected chi connectivity index (χ3v) is 6.18. The minimum Gasteiger partial charge on any atom is -0.396 e. The first-order valence-corrected chi connectivity index (χ1v) is 11.3. The highest BCUT2D eigenvalue weighted by molar-refractivity contribution is 5.82. The predicted molar refractivity (Wildman–Crippen MR) is 130 cm³/mol. The molecule has 0 spiro atoms. The van der Waals surface area contributed by atoms with Crippen molar-refractivity contribution in [3.63, 3.8) is 0 Å². The van der Waals surface area contributed by atoms with E-state index >= 15 is 0 Å². The van der Waals surface area contributed by atoms with Crippen molar-refractivity contribution < 1.29 is 5.11 Å². The molecule has 0 unspecified atom stereocenters. The second kappa shape index (κ2) is 8.72. The molecule has 0 amide bonds. The fourth-order valence-electron chi connectivity index (χ4n) is 4.12. The van der Waals surface area contributed by atoms with Gasteiger partial charge >= 0.3 is 0 Å². The van der Waals surface area contributed by atoms with Crippen molar-refractivity contribution in [2.45, 2.75) is 26.2 Å². The van der Waals surface area contributed by atoms with E-state index in [1.54, 1.807) is 6.33 Å². The molecule has 1 saturated carbocycles. The third kappa shape index (κ3) is 4.28. The normalized spacial score (nSPS) is 14.1. The summed E-state index contributed by atoms with van der Waals surface area (Å²) >= 11 is 0. The predicted octanol–water partition coefficient (Wildman–Crippen LogP) is 3.54. The molecule has 0 atom stereocenters. The van der Waals surface area contributed by atoms with Gasteiger partial charge in [-0.25, -0.2) is 9.97 Å². The number of nitrogens with one attached hydrogen (secondary N) is 1. The van der Waals surface area contributed by atoms with Gasteiger partial charge in [-0.15, -0.1) is 5.10 Å². The van der Waals surface area contributed by atoms with Gasteiger partial charge in [-0.05, 0) is 68.1 Å². The van der Waals surface area contributed by atoms with Gasteiger partial charge in [0.05, 0.1) is 28.2 Å². The minimum absolute atomic E-state index is 0.0421. The molecule has 9 nitrogen and oxygen atoms in total. The lowest BCUT2D eigenvalue weighted by Crippen LogP contribution is -2.28. The highest BCUT2D eigenvalue weighted by Crippen LogP contribution is 2.46. The molecule has 3 aromatic heterocycles. The van der Waals surface area contributed by atoms with Gasteiger partial charge in [-0.1, -0.05) is 6.07 Å². The van der Waals surface area contributed by atoms with Crippen molar-refractivity contribution >= 4 is 28.4 Å². The van der Waals surface area contributed by atoms with Crippen LogP contribution in [0.3, 0.4) is 0 Å². The zero-order valence-corrected chi connectivity index (χ0v) is 19.2. The summed E-state index contributed by atoms with van der Waals surface area (Å²) in [7, 11) is 1.96. The lowest BCUT2D eigenvalue weighted by molar-refractivity contribution is 0.299. The number of rotatable bonds is 8. The molecule has 0 radical (unpaired) electrons. The van der Waals surface area contributed by atoms with E-state index < -0.39 is 0 Å². The van der Waals surface area contributed by atoms with Crippen molar-refractivity contribution in [3.8, 4) is 11.9 Å². The monoisotopic (exact) mass is 454 g/mol. The van der Waals surface area contributed by atoms with Crippen LogP contribution < -0.4 is 10.2 Å². The van der Waals surface area contributed by atoms with E-state index in [2.05, 4.69) is 26.6 Å². The summed E-state index contributed by atoms with van der Waals surface area (Å²) in [5.74, 6) is 2.19. The summed E-state index contributed by atoms with van der Waals surface area (Å²) in [6, 6.07) is 16.1. The number of anilines is 3. The Kier molecular flexibility index (Phi) is 5.59. The van der Waals surface area contributed by atoms with E-state index in [-0.39, 0.29) is 12.0 Å². The molecule has 1 fully saturated rings. The number of aliphatic hydroxyl groups excluding tert-OH is 1. The van der Waals surface area contributed by atoms with Crippen LogP contribution in [0.2, 0.25) is 0 Å². The van der Waals surface area contributed by atoms with E-state index in [9.17, 15) is 10.4 Å². The SMILES string of the molecule is Cc1ccc(Nc2ccc3c(c2)ncn3-c2ccc(CCO)c(N(C)CC3(C#N)CC3)n2)nn1. The Balaban J connectivity index is 1.45. The van der Waals surface area contributed by atoms with Gasteiger partial charge < -0.3 is 15.3 Å². The summed E-state index contributed by atoms with van der Waals surface area (Å²) in [4.78, 5) is 11.5. The lowest BCUT2D eigenvalue weighted by Gasteiger charge is -2.24. The molecule has 34 heavy (non-hydrogen) atoms. The van der Waals surface area contributed by atoms with Gasteiger partial charge in [0.15, 0.2) is 5.82 Å². The van der Waals surface area contributed by atoms with E-state index in [0.717, 1.165) is 52.5 Å². The van der Waals surface area contributed by atoms with Crippen molar-refractivity contribution in [2.75, 3.05) is 30.4 Å². The topological polar surface area (TPSA) is 116 Å². The number of aliphatic hydroxyl groups is 1. The van der Waals surface area contributed by atoms with Gasteiger partial charge in [0.1, 0.15) is 18.0 Å². The van der Waals surface area contributed by atoms with Crippen LogP contribution in [-0.2, 0) is 6.42 Å². The van der Waals surface area contributed by atoms with Crippen LogP contribution in [0, 0.1) is 23.7 Å². The van der Waals surface area contributed by atoms with Crippen molar-refractivity contribution in [2.24, 2.45) is 5.41 Å². The van der Waals surface area contributed by atoms with Gasteiger partial charge in [-0.2, -0.15) is 10.4 Å². The first-order chi connectivity index (χ1) is 16.5. The quantitative estimate of drug-likeness (QED) is 0.415. The second-order valence-electron chi connectivity index (χ2n) is 8.88. The Morgan fingerprint density at radius 1 is 1.18 bits per heavy atom. The maximum atomic E-state index is 9.53. The number of aromatic nitrogens is 5. The molecular weight excluding hydrogens is 428 g/mol. The number of imidazole rings is 1. The smallest absolute Gasteiger partial charge is 0.153 e. The standard InChI is InChI=1S/C25H26N8O/c1-17-3-7-22(31-30-17)28-19-5-6-21-20(13-19)27-16-33(21)23-8-4-18(9-12-34)24(29-23)32(2)15-25(14-26)10-11-25/h3-8,13,16,34H,9-12,15H2,1-2H3,(H,28,31). The number of hydrogen-bond acceptors (Lipinski definition) is 8. The Morgan fingerprint density at radius 3 is 2.74 bits per heavy atom. The molecule has 1 aliphatic carbocycles. The van der Waals surface area contributed by atoms with Crippen LogP contribution in [0.4, 0.5) is 17.3 Å². The number of nitriles is 1. The average molecular weight is 455 g/mol. The zero-order chi connectivity index (χ0) is 23.7. The fourth-order valence-corrected chi connectivity index (χ4v) is 4.12. The average Bonchev–Trinajstić information content (AvgIpc) is 3.49. The van der Waals surface area contributed by atoms with Gasteiger partial charge in [-0.3, -0.25) is 4.57 Å². The molecule has 172 valence electrons. The van der Waals surface area contributed by atoms with Crippen LogP contribution in [-0.4, -0.2) is 50.0 Å². The second-order valence-corrected chi connectivity index (χ2v) is 8.88. The van der Waals surface area contributed by atoms with Gasteiger partial charge in [0.2, 0.25) is 0 Å². The Bertz CT molecular complexity index is 1370. The molecule has 0 aliphatic heterocycles.